The highest BCUT2D eigenvalue weighted by atomic mass is 35.5. The lowest BCUT2D eigenvalue weighted by Gasteiger charge is -2.16. The number of likely N-dealkylation sites (tertiary alicyclic amines) is 1. The standard InChI is InChI=1S/C16H17ClFNO4/c17-13-5-10(3-4-14(13)18)23-8-15(20)19-6-11(9-1-2-9)12(7-19)16(21)22/h3-5,9,11-12H,1-2,6-8H2,(H,21,22)/t11-,12+/m1/s1. The predicted molar refractivity (Wildman–Crippen MR) is 80.8 cm³/mol. The lowest BCUT2D eigenvalue weighted by atomic mass is 9.92. The van der Waals surface area contributed by atoms with Crippen molar-refractivity contribution >= 4 is 23.5 Å². The minimum atomic E-state index is -0.844. The zero-order chi connectivity index (χ0) is 16.6. The Kier molecular flexibility index (Phi) is 4.43. The van der Waals surface area contributed by atoms with E-state index in [2.05, 4.69) is 0 Å². The number of benzene rings is 1. The van der Waals surface area contributed by atoms with Crippen molar-refractivity contribution in [1.29, 1.82) is 0 Å². The number of rotatable bonds is 5. The molecule has 1 aromatic rings. The molecule has 1 heterocycles. The van der Waals surface area contributed by atoms with Crippen molar-refractivity contribution in [2.24, 2.45) is 17.8 Å². The fraction of sp³-hybridized carbons (Fsp3) is 0.500. The summed E-state index contributed by atoms with van der Waals surface area (Å²) < 4.78 is 18.4. The van der Waals surface area contributed by atoms with Gasteiger partial charge in [-0.3, -0.25) is 9.59 Å². The molecule has 0 aromatic heterocycles. The number of nitrogens with zero attached hydrogens (tertiary/aromatic N) is 1. The molecule has 3 rings (SSSR count). The minimum absolute atomic E-state index is 0.0386. The van der Waals surface area contributed by atoms with Crippen LogP contribution in [0.1, 0.15) is 12.8 Å². The Morgan fingerprint density at radius 3 is 2.70 bits per heavy atom. The maximum absolute atomic E-state index is 13.1. The van der Waals surface area contributed by atoms with Crippen LogP contribution in [0.2, 0.25) is 5.02 Å². The second kappa shape index (κ2) is 6.35. The summed E-state index contributed by atoms with van der Waals surface area (Å²) in [5.74, 6) is -1.39. The monoisotopic (exact) mass is 341 g/mol. The van der Waals surface area contributed by atoms with E-state index >= 15 is 0 Å². The molecule has 0 spiro atoms. The summed E-state index contributed by atoms with van der Waals surface area (Å²) in [4.78, 5) is 25.1. The van der Waals surface area contributed by atoms with Gasteiger partial charge in [-0.15, -0.1) is 0 Å². The van der Waals surface area contributed by atoms with E-state index in [-0.39, 0.29) is 30.0 Å². The van der Waals surface area contributed by atoms with Gasteiger partial charge in [0.05, 0.1) is 10.9 Å². The highest BCUT2D eigenvalue weighted by Crippen LogP contribution is 2.44. The van der Waals surface area contributed by atoms with Gasteiger partial charge in [-0.05, 0) is 36.8 Å². The van der Waals surface area contributed by atoms with Crippen molar-refractivity contribution in [3.63, 3.8) is 0 Å². The molecule has 1 aliphatic carbocycles. The lowest BCUT2D eigenvalue weighted by molar-refractivity contribution is -0.142. The van der Waals surface area contributed by atoms with Crippen LogP contribution in [0.3, 0.4) is 0 Å². The van der Waals surface area contributed by atoms with Crippen LogP contribution < -0.4 is 4.74 Å². The summed E-state index contributed by atoms with van der Waals surface area (Å²) in [6.45, 7) is 0.475. The van der Waals surface area contributed by atoms with Crippen LogP contribution in [0.25, 0.3) is 0 Å². The molecule has 1 saturated carbocycles. The second-order valence-corrected chi connectivity index (χ2v) is 6.52. The molecule has 2 atom stereocenters. The Morgan fingerprint density at radius 1 is 1.35 bits per heavy atom. The Balaban J connectivity index is 1.58. The zero-order valence-electron chi connectivity index (χ0n) is 12.4. The van der Waals surface area contributed by atoms with E-state index < -0.39 is 17.7 Å². The Labute approximate surface area is 138 Å². The Morgan fingerprint density at radius 2 is 2.09 bits per heavy atom. The molecule has 1 aromatic carbocycles. The summed E-state index contributed by atoms with van der Waals surface area (Å²) in [6, 6.07) is 3.87. The van der Waals surface area contributed by atoms with E-state index in [4.69, 9.17) is 16.3 Å². The normalized spacial score (nSPS) is 23.8. The Hall–Kier alpha value is -1.82. The lowest BCUT2D eigenvalue weighted by Crippen LogP contribution is -2.33. The summed E-state index contributed by atoms with van der Waals surface area (Å²) in [5, 5.41) is 9.23. The van der Waals surface area contributed by atoms with Gasteiger partial charge in [0.2, 0.25) is 0 Å². The van der Waals surface area contributed by atoms with Gasteiger partial charge in [-0.1, -0.05) is 11.6 Å². The SMILES string of the molecule is O=C(O)[C@H]1CN(C(=O)COc2ccc(F)c(Cl)c2)C[C@@H]1C1CC1. The highest BCUT2D eigenvalue weighted by Gasteiger charge is 2.46. The molecule has 0 radical (unpaired) electrons. The van der Waals surface area contributed by atoms with E-state index in [1.54, 1.807) is 4.90 Å². The number of halogens is 2. The van der Waals surface area contributed by atoms with Gasteiger partial charge < -0.3 is 14.7 Å². The number of aliphatic carboxylic acids is 1. The van der Waals surface area contributed by atoms with Crippen LogP contribution in [0.15, 0.2) is 18.2 Å². The van der Waals surface area contributed by atoms with Crippen molar-refractivity contribution in [1.82, 2.24) is 4.90 Å². The number of amides is 1. The third-order valence-corrected chi connectivity index (χ3v) is 4.81. The molecule has 1 N–H and O–H groups in total. The molecule has 7 heteroatoms. The fourth-order valence-corrected chi connectivity index (χ4v) is 3.27. The molecule has 2 aliphatic rings. The summed E-state index contributed by atoms with van der Waals surface area (Å²) in [6.07, 6.45) is 2.09. The molecular weight excluding hydrogens is 325 g/mol. The molecule has 124 valence electrons. The van der Waals surface area contributed by atoms with Gasteiger partial charge in [-0.2, -0.15) is 0 Å². The third-order valence-electron chi connectivity index (χ3n) is 4.52. The summed E-state index contributed by atoms with van der Waals surface area (Å²) in [5.41, 5.74) is 0. The molecule has 23 heavy (non-hydrogen) atoms. The van der Waals surface area contributed by atoms with Crippen molar-refractivity contribution in [3.05, 3.63) is 29.0 Å². The van der Waals surface area contributed by atoms with Crippen molar-refractivity contribution < 1.29 is 23.8 Å². The Bertz CT molecular complexity index is 635. The second-order valence-electron chi connectivity index (χ2n) is 6.11. The number of ether oxygens (including phenoxy) is 1. The minimum Gasteiger partial charge on any atom is -0.484 e. The molecule has 1 saturated heterocycles. The van der Waals surface area contributed by atoms with Crippen LogP contribution >= 0.6 is 11.6 Å². The van der Waals surface area contributed by atoms with Gasteiger partial charge in [0.15, 0.2) is 6.61 Å². The number of carboxylic acids is 1. The molecule has 0 unspecified atom stereocenters. The number of hydrogen-bond donors (Lipinski definition) is 1. The van der Waals surface area contributed by atoms with E-state index in [9.17, 15) is 19.1 Å². The van der Waals surface area contributed by atoms with E-state index in [0.717, 1.165) is 12.8 Å². The van der Waals surface area contributed by atoms with Gasteiger partial charge in [-0.25, -0.2) is 4.39 Å². The summed E-state index contributed by atoms with van der Waals surface area (Å²) >= 11 is 5.66. The first kappa shape index (κ1) is 16.1. The average Bonchev–Trinajstić information content (AvgIpc) is 3.26. The zero-order valence-corrected chi connectivity index (χ0v) is 13.1. The largest absolute Gasteiger partial charge is 0.484 e. The summed E-state index contributed by atoms with van der Waals surface area (Å²) in [7, 11) is 0. The van der Waals surface area contributed by atoms with Crippen LogP contribution in [-0.2, 0) is 9.59 Å². The van der Waals surface area contributed by atoms with Crippen molar-refractivity contribution in [2.45, 2.75) is 12.8 Å². The topological polar surface area (TPSA) is 66.8 Å². The van der Waals surface area contributed by atoms with E-state index in [0.29, 0.717) is 18.2 Å². The van der Waals surface area contributed by atoms with Crippen LogP contribution in [0, 0.1) is 23.6 Å². The molecule has 1 amide bonds. The number of carboxylic acid groups (broad SMARTS) is 1. The highest BCUT2D eigenvalue weighted by molar-refractivity contribution is 6.30. The molecule has 0 bridgehead atoms. The number of carbonyl (C=O) groups is 2. The maximum atomic E-state index is 13.1. The van der Waals surface area contributed by atoms with E-state index in [1.807, 2.05) is 0 Å². The maximum Gasteiger partial charge on any atom is 0.308 e. The van der Waals surface area contributed by atoms with Crippen LogP contribution in [0.4, 0.5) is 4.39 Å². The number of hydrogen-bond acceptors (Lipinski definition) is 3. The molecule has 2 fully saturated rings. The fourth-order valence-electron chi connectivity index (χ4n) is 3.10. The smallest absolute Gasteiger partial charge is 0.308 e. The van der Waals surface area contributed by atoms with Gasteiger partial charge >= 0.3 is 5.97 Å². The third kappa shape index (κ3) is 3.58. The molecular formula is C16H17ClFNO4. The van der Waals surface area contributed by atoms with Crippen LogP contribution in [0.5, 0.6) is 5.75 Å². The van der Waals surface area contributed by atoms with Crippen molar-refractivity contribution in [2.75, 3.05) is 19.7 Å². The first-order chi connectivity index (χ1) is 11.0. The predicted octanol–water partition coefficient (Wildman–Crippen LogP) is 2.43. The van der Waals surface area contributed by atoms with Crippen LogP contribution in [-0.4, -0.2) is 41.6 Å². The van der Waals surface area contributed by atoms with Gasteiger partial charge in [0.1, 0.15) is 11.6 Å². The van der Waals surface area contributed by atoms with Gasteiger partial charge in [0.25, 0.3) is 5.91 Å². The first-order valence-corrected chi connectivity index (χ1v) is 7.92. The van der Waals surface area contributed by atoms with Crippen molar-refractivity contribution in [3.8, 4) is 5.75 Å². The van der Waals surface area contributed by atoms with E-state index in [1.165, 1.54) is 18.2 Å². The van der Waals surface area contributed by atoms with Gasteiger partial charge in [0, 0.05) is 19.2 Å². The first-order valence-electron chi connectivity index (χ1n) is 7.54. The molecule has 1 aliphatic heterocycles. The average molecular weight is 342 g/mol. The number of carbonyl (C=O) groups excluding carboxylic acids is 1. The quantitative estimate of drug-likeness (QED) is 0.893. The molecule has 5 nitrogen and oxygen atoms in total.